The zero-order valence-corrected chi connectivity index (χ0v) is 10.4. The molecule has 0 bridgehead atoms. The Morgan fingerprint density at radius 2 is 1.64 bits per heavy atom. The predicted molar refractivity (Wildman–Crippen MR) is 63.3 cm³/mol. The van der Waals surface area contributed by atoms with Gasteiger partial charge in [0.25, 0.3) is 0 Å². The molecule has 0 heterocycles. The molecule has 0 rings (SSSR count). The van der Waals surface area contributed by atoms with Crippen LogP contribution in [0, 0.1) is 0 Å². The molecule has 0 aliphatic rings. The van der Waals surface area contributed by atoms with Crippen molar-refractivity contribution in [3.05, 3.63) is 0 Å². The van der Waals surface area contributed by atoms with Crippen molar-refractivity contribution < 1.29 is 0 Å². The van der Waals surface area contributed by atoms with Crippen LogP contribution in [0.1, 0.15) is 40.5 Å². The van der Waals surface area contributed by atoms with E-state index in [1.54, 1.807) is 0 Å². The van der Waals surface area contributed by atoms with Gasteiger partial charge >= 0.3 is 0 Å². The van der Waals surface area contributed by atoms with Crippen LogP contribution in [0.3, 0.4) is 0 Å². The van der Waals surface area contributed by atoms with Gasteiger partial charge in [-0.3, -0.25) is 0 Å². The van der Waals surface area contributed by atoms with Crippen molar-refractivity contribution in [3.63, 3.8) is 0 Å². The molecule has 0 aliphatic heterocycles. The molecule has 0 aromatic heterocycles. The SMILES string of the molecule is CN(CCCN)C(C)(C)CC(C)(C)N. The summed E-state index contributed by atoms with van der Waals surface area (Å²) in [6.45, 7) is 10.4. The van der Waals surface area contributed by atoms with Gasteiger partial charge in [0, 0.05) is 11.1 Å². The van der Waals surface area contributed by atoms with E-state index in [9.17, 15) is 0 Å². The zero-order valence-electron chi connectivity index (χ0n) is 10.4. The van der Waals surface area contributed by atoms with E-state index in [0.717, 1.165) is 25.9 Å². The molecule has 0 spiro atoms. The first kappa shape index (κ1) is 13.9. The summed E-state index contributed by atoms with van der Waals surface area (Å²) in [5, 5.41) is 0. The number of rotatable bonds is 6. The van der Waals surface area contributed by atoms with Crippen molar-refractivity contribution in [2.75, 3.05) is 20.1 Å². The molecule has 0 amide bonds. The highest BCUT2D eigenvalue weighted by Crippen LogP contribution is 2.23. The maximum Gasteiger partial charge on any atom is 0.0167 e. The normalized spacial score (nSPS) is 13.7. The molecule has 0 saturated carbocycles. The summed E-state index contributed by atoms with van der Waals surface area (Å²) >= 11 is 0. The number of nitrogens with zero attached hydrogens (tertiary/aromatic N) is 1. The summed E-state index contributed by atoms with van der Waals surface area (Å²) in [5.41, 5.74) is 11.6. The van der Waals surface area contributed by atoms with Gasteiger partial charge in [0.1, 0.15) is 0 Å². The van der Waals surface area contributed by atoms with E-state index in [4.69, 9.17) is 11.5 Å². The number of hydrogen-bond acceptors (Lipinski definition) is 3. The molecule has 3 heteroatoms. The molecular weight excluding hydrogens is 174 g/mol. The fourth-order valence-electron chi connectivity index (χ4n) is 1.88. The minimum atomic E-state index is -0.111. The van der Waals surface area contributed by atoms with Crippen molar-refractivity contribution in [2.24, 2.45) is 11.5 Å². The molecule has 3 nitrogen and oxygen atoms in total. The highest BCUT2D eigenvalue weighted by molar-refractivity contribution is 4.88. The summed E-state index contributed by atoms with van der Waals surface area (Å²) in [4.78, 5) is 2.34. The second kappa shape index (κ2) is 5.10. The third kappa shape index (κ3) is 5.58. The van der Waals surface area contributed by atoms with Gasteiger partial charge < -0.3 is 16.4 Å². The Kier molecular flexibility index (Phi) is 5.06. The third-order valence-electron chi connectivity index (χ3n) is 2.62. The van der Waals surface area contributed by atoms with E-state index in [2.05, 4.69) is 39.6 Å². The molecule has 0 atom stereocenters. The Labute approximate surface area is 88.8 Å². The van der Waals surface area contributed by atoms with Gasteiger partial charge in [0.15, 0.2) is 0 Å². The topological polar surface area (TPSA) is 55.3 Å². The Bertz CT molecular complexity index is 158. The van der Waals surface area contributed by atoms with Crippen LogP contribution in [0.25, 0.3) is 0 Å². The molecule has 0 fully saturated rings. The quantitative estimate of drug-likeness (QED) is 0.678. The minimum absolute atomic E-state index is 0.111. The number of nitrogens with two attached hydrogens (primary N) is 2. The van der Waals surface area contributed by atoms with Crippen molar-refractivity contribution in [3.8, 4) is 0 Å². The Balaban J connectivity index is 4.15. The first-order valence-electron chi connectivity index (χ1n) is 5.39. The lowest BCUT2D eigenvalue weighted by Crippen LogP contribution is -2.49. The first-order valence-corrected chi connectivity index (χ1v) is 5.39. The van der Waals surface area contributed by atoms with Crippen LogP contribution < -0.4 is 11.5 Å². The standard InChI is InChI=1S/C11H27N3/c1-10(2,13)9-11(3,4)14(5)8-6-7-12/h6-9,12-13H2,1-5H3. The average Bonchev–Trinajstić information content (AvgIpc) is 1.95. The largest absolute Gasteiger partial charge is 0.330 e. The van der Waals surface area contributed by atoms with Crippen LogP contribution in [-0.4, -0.2) is 36.1 Å². The van der Waals surface area contributed by atoms with Crippen LogP contribution in [0.15, 0.2) is 0 Å². The van der Waals surface area contributed by atoms with Gasteiger partial charge in [-0.25, -0.2) is 0 Å². The molecule has 86 valence electrons. The second-order valence-corrected chi connectivity index (χ2v) is 5.54. The molecule has 14 heavy (non-hydrogen) atoms. The Morgan fingerprint density at radius 1 is 1.14 bits per heavy atom. The number of hydrogen-bond donors (Lipinski definition) is 2. The van der Waals surface area contributed by atoms with Crippen LogP contribution in [0.5, 0.6) is 0 Å². The second-order valence-electron chi connectivity index (χ2n) is 5.54. The third-order valence-corrected chi connectivity index (χ3v) is 2.62. The van der Waals surface area contributed by atoms with E-state index in [1.165, 1.54) is 0 Å². The molecule has 0 aromatic carbocycles. The summed E-state index contributed by atoms with van der Waals surface area (Å²) in [7, 11) is 2.14. The first-order chi connectivity index (χ1) is 6.19. The fraction of sp³-hybridized carbons (Fsp3) is 1.00. The molecule has 0 unspecified atom stereocenters. The maximum absolute atomic E-state index is 6.04. The lowest BCUT2D eigenvalue weighted by molar-refractivity contribution is 0.121. The van der Waals surface area contributed by atoms with Gasteiger partial charge in [-0.2, -0.15) is 0 Å². The van der Waals surface area contributed by atoms with Crippen LogP contribution in [-0.2, 0) is 0 Å². The van der Waals surface area contributed by atoms with Crippen LogP contribution in [0.2, 0.25) is 0 Å². The summed E-state index contributed by atoms with van der Waals surface area (Å²) in [5.74, 6) is 0. The highest BCUT2D eigenvalue weighted by atomic mass is 15.2. The van der Waals surface area contributed by atoms with Gasteiger partial charge in [0.2, 0.25) is 0 Å². The van der Waals surface area contributed by atoms with Crippen molar-refractivity contribution in [1.29, 1.82) is 0 Å². The fourth-order valence-corrected chi connectivity index (χ4v) is 1.88. The van der Waals surface area contributed by atoms with E-state index in [1.807, 2.05) is 0 Å². The van der Waals surface area contributed by atoms with E-state index < -0.39 is 0 Å². The van der Waals surface area contributed by atoms with E-state index in [-0.39, 0.29) is 11.1 Å². The minimum Gasteiger partial charge on any atom is -0.330 e. The summed E-state index contributed by atoms with van der Waals surface area (Å²) in [6, 6.07) is 0. The predicted octanol–water partition coefficient (Wildman–Crippen LogP) is 1.17. The molecule has 0 saturated heterocycles. The van der Waals surface area contributed by atoms with Crippen LogP contribution >= 0.6 is 0 Å². The lowest BCUT2D eigenvalue weighted by Gasteiger charge is -2.40. The van der Waals surface area contributed by atoms with Gasteiger partial charge in [-0.1, -0.05) is 0 Å². The molecule has 0 aromatic rings. The maximum atomic E-state index is 6.04. The van der Waals surface area contributed by atoms with Crippen molar-refractivity contribution in [2.45, 2.75) is 51.6 Å². The zero-order chi connectivity index (χ0) is 11.4. The van der Waals surface area contributed by atoms with Crippen LogP contribution in [0.4, 0.5) is 0 Å². The molecule has 0 radical (unpaired) electrons. The van der Waals surface area contributed by atoms with Gasteiger partial charge in [0.05, 0.1) is 0 Å². The van der Waals surface area contributed by atoms with E-state index in [0.29, 0.717) is 0 Å². The molecular formula is C11H27N3. The monoisotopic (exact) mass is 201 g/mol. The van der Waals surface area contributed by atoms with Crippen molar-refractivity contribution in [1.82, 2.24) is 4.90 Å². The summed E-state index contributed by atoms with van der Waals surface area (Å²) < 4.78 is 0. The van der Waals surface area contributed by atoms with Gasteiger partial charge in [-0.05, 0) is 60.7 Å². The summed E-state index contributed by atoms with van der Waals surface area (Å²) in [6.07, 6.45) is 2.03. The highest BCUT2D eigenvalue weighted by Gasteiger charge is 2.28. The van der Waals surface area contributed by atoms with Gasteiger partial charge in [-0.15, -0.1) is 0 Å². The molecule has 0 aliphatic carbocycles. The molecule has 4 N–H and O–H groups in total. The van der Waals surface area contributed by atoms with E-state index >= 15 is 0 Å². The van der Waals surface area contributed by atoms with Crippen molar-refractivity contribution >= 4 is 0 Å². The Hall–Kier alpha value is -0.120. The Morgan fingerprint density at radius 3 is 2.00 bits per heavy atom. The average molecular weight is 201 g/mol. The smallest absolute Gasteiger partial charge is 0.0167 e. The lowest BCUT2D eigenvalue weighted by atomic mass is 9.86.